The maximum Gasteiger partial charge on any atom is 0.0886 e. The molecule has 0 aliphatic rings. The Kier molecular flexibility index (Phi) is 6.34. The molecule has 2 aromatic rings. The van der Waals surface area contributed by atoms with E-state index in [9.17, 15) is 5.11 Å². The van der Waals surface area contributed by atoms with Gasteiger partial charge in [0.1, 0.15) is 0 Å². The normalized spacial score (nSPS) is 14.0. The van der Waals surface area contributed by atoms with Gasteiger partial charge in [-0.05, 0) is 50.7 Å². The van der Waals surface area contributed by atoms with Crippen LogP contribution in [0.3, 0.4) is 0 Å². The van der Waals surface area contributed by atoms with Crippen molar-refractivity contribution in [3.05, 3.63) is 60.2 Å². The van der Waals surface area contributed by atoms with E-state index >= 15 is 0 Å². The van der Waals surface area contributed by atoms with Crippen LogP contribution in [0.1, 0.15) is 18.9 Å². The molecule has 0 spiro atoms. The first-order valence-corrected chi connectivity index (χ1v) is 8.23. The van der Waals surface area contributed by atoms with E-state index < -0.39 is 5.60 Å². The van der Waals surface area contributed by atoms with Crippen molar-refractivity contribution in [2.45, 2.75) is 18.9 Å². The Hall–Kier alpha value is -1.68. The van der Waals surface area contributed by atoms with Crippen LogP contribution in [0.25, 0.3) is 11.1 Å². The van der Waals surface area contributed by atoms with Gasteiger partial charge in [0.15, 0.2) is 0 Å². The molecule has 3 nitrogen and oxygen atoms in total. The average Bonchev–Trinajstić information content (AvgIpc) is 2.55. The largest absolute Gasteiger partial charge is 0.385 e. The smallest absolute Gasteiger partial charge is 0.0886 e. The Labute approximate surface area is 140 Å². The molecule has 3 heteroatoms. The Morgan fingerprint density at radius 2 is 1.61 bits per heavy atom. The molecule has 0 aromatic heterocycles. The topological polar surface area (TPSA) is 35.5 Å². The van der Waals surface area contributed by atoms with E-state index in [1.54, 1.807) is 0 Å². The van der Waals surface area contributed by atoms with E-state index in [1.165, 1.54) is 0 Å². The van der Waals surface area contributed by atoms with Gasteiger partial charge in [0, 0.05) is 13.1 Å². The molecule has 0 radical (unpaired) electrons. The molecule has 2 rings (SSSR count). The lowest BCUT2D eigenvalue weighted by Crippen LogP contribution is -2.32. The molecule has 0 aliphatic carbocycles. The lowest BCUT2D eigenvalue weighted by molar-refractivity contribution is 0.0485. The summed E-state index contributed by atoms with van der Waals surface area (Å²) in [4.78, 5) is 2.15. The van der Waals surface area contributed by atoms with Crippen molar-refractivity contribution in [1.29, 1.82) is 0 Å². The zero-order valence-corrected chi connectivity index (χ0v) is 14.4. The molecule has 124 valence electrons. The first kappa shape index (κ1) is 17.7. The van der Waals surface area contributed by atoms with E-state index in [4.69, 9.17) is 0 Å². The van der Waals surface area contributed by atoms with Gasteiger partial charge in [0.2, 0.25) is 0 Å². The SMILES string of the molecule is CN(C)CCNCCC(C)(O)c1ccccc1-c1ccccc1. The van der Waals surface area contributed by atoms with Crippen LogP contribution in [-0.4, -0.2) is 43.7 Å². The van der Waals surface area contributed by atoms with Crippen LogP contribution < -0.4 is 5.32 Å². The Balaban J connectivity index is 2.08. The molecule has 1 atom stereocenters. The van der Waals surface area contributed by atoms with Gasteiger partial charge in [-0.3, -0.25) is 0 Å². The molecule has 1 unspecified atom stereocenters. The summed E-state index contributed by atoms with van der Waals surface area (Å²) < 4.78 is 0. The molecule has 23 heavy (non-hydrogen) atoms. The van der Waals surface area contributed by atoms with Crippen LogP contribution in [0.5, 0.6) is 0 Å². The fourth-order valence-electron chi connectivity index (χ4n) is 2.72. The predicted molar refractivity (Wildman–Crippen MR) is 97.5 cm³/mol. The van der Waals surface area contributed by atoms with Gasteiger partial charge in [0.05, 0.1) is 5.60 Å². The van der Waals surface area contributed by atoms with E-state index in [1.807, 2.05) is 43.3 Å². The van der Waals surface area contributed by atoms with Crippen molar-refractivity contribution in [1.82, 2.24) is 10.2 Å². The highest BCUT2D eigenvalue weighted by molar-refractivity contribution is 5.68. The first-order chi connectivity index (χ1) is 11.0. The molecular formula is C20H28N2O. The third kappa shape index (κ3) is 5.17. The zero-order valence-electron chi connectivity index (χ0n) is 14.4. The fourth-order valence-corrected chi connectivity index (χ4v) is 2.72. The summed E-state index contributed by atoms with van der Waals surface area (Å²) in [7, 11) is 4.13. The molecule has 0 saturated carbocycles. The van der Waals surface area contributed by atoms with Gasteiger partial charge in [-0.1, -0.05) is 54.6 Å². The summed E-state index contributed by atoms with van der Waals surface area (Å²) in [6.07, 6.45) is 0.685. The van der Waals surface area contributed by atoms with Crippen LogP contribution in [0, 0.1) is 0 Å². The van der Waals surface area contributed by atoms with Crippen molar-refractivity contribution in [2.24, 2.45) is 0 Å². The highest BCUT2D eigenvalue weighted by atomic mass is 16.3. The first-order valence-electron chi connectivity index (χ1n) is 8.23. The number of rotatable bonds is 8. The highest BCUT2D eigenvalue weighted by Gasteiger charge is 2.25. The monoisotopic (exact) mass is 312 g/mol. The van der Waals surface area contributed by atoms with Crippen LogP contribution in [0.15, 0.2) is 54.6 Å². The second-order valence-corrected chi connectivity index (χ2v) is 6.49. The van der Waals surface area contributed by atoms with Crippen LogP contribution >= 0.6 is 0 Å². The molecule has 2 aromatic carbocycles. The molecule has 0 aliphatic heterocycles. The Morgan fingerprint density at radius 1 is 0.957 bits per heavy atom. The molecule has 0 heterocycles. The molecule has 0 amide bonds. The van der Waals surface area contributed by atoms with Gasteiger partial charge < -0.3 is 15.3 Å². The standard InChI is InChI=1S/C20H28N2O/c1-20(23,13-14-21-15-16-22(2)3)19-12-8-7-11-18(19)17-9-5-4-6-10-17/h4-12,21,23H,13-16H2,1-3H3. The summed E-state index contributed by atoms with van der Waals surface area (Å²) >= 11 is 0. The third-order valence-corrected chi connectivity index (χ3v) is 4.12. The minimum Gasteiger partial charge on any atom is -0.385 e. The summed E-state index contributed by atoms with van der Waals surface area (Å²) in [6.45, 7) is 4.64. The minimum atomic E-state index is -0.850. The number of likely N-dealkylation sites (N-methyl/N-ethyl adjacent to an activating group) is 1. The van der Waals surface area contributed by atoms with Gasteiger partial charge in [0.25, 0.3) is 0 Å². The lowest BCUT2D eigenvalue weighted by atomic mass is 9.86. The molecule has 0 fully saturated rings. The van der Waals surface area contributed by atoms with Crippen LogP contribution in [0.4, 0.5) is 0 Å². The second kappa shape index (κ2) is 8.25. The minimum absolute atomic E-state index is 0.685. The van der Waals surface area contributed by atoms with Crippen molar-refractivity contribution < 1.29 is 5.11 Å². The van der Waals surface area contributed by atoms with E-state index in [0.717, 1.165) is 36.3 Å². The van der Waals surface area contributed by atoms with Crippen LogP contribution in [0.2, 0.25) is 0 Å². The molecule has 0 saturated heterocycles. The number of aliphatic hydroxyl groups is 1. The van der Waals surface area contributed by atoms with Gasteiger partial charge >= 0.3 is 0 Å². The quantitative estimate of drug-likeness (QED) is 0.735. The zero-order chi connectivity index (χ0) is 16.7. The lowest BCUT2D eigenvalue weighted by Gasteiger charge is -2.27. The number of benzene rings is 2. The van der Waals surface area contributed by atoms with Crippen molar-refractivity contribution in [2.75, 3.05) is 33.7 Å². The number of hydrogen-bond donors (Lipinski definition) is 2. The van der Waals surface area contributed by atoms with E-state index in [0.29, 0.717) is 6.42 Å². The van der Waals surface area contributed by atoms with E-state index in [2.05, 4.69) is 42.5 Å². The van der Waals surface area contributed by atoms with Crippen molar-refractivity contribution in [3.8, 4) is 11.1 Å². The maximum atomic E-state index is 11.0. The molecular weight excluding hydrogens is 284 g/mol. The number of nitrogens with one attached hydrogen (secondary N) is 1. The number of nitrogens with zero attached hydrogens (tertiary/aromatic N) is 1. The Morgan fingerprint density at radius 3 is 2.30 bits per heavy atom. The average molecular weight is 312 g/mol. The summed E-state index contributed by atoms with van der Waals surface area (Å²) in [5.74, 6) is 0. The van der Waals surface area contributed by atoms with Crippen molar-refractivity contribution in [3.63, 3.8) is 0 Å². The predicted octanol–water partition coefficient (Wildman–Crippen LogP) is 3.10. The maximum absolute atomic E-state index is 11.0. The van der Waals surface area contributed by atoms with Gasteiger partial charge in [-0.25, -0.2) is 0 Å². The number of hydrogen-bond acceptors (Lipinski definition) is 3. The fraction of sp³-hybridized carbons (Fsp3) is 0.400. The summed E-state index contributed by atoms with van der Waals surface area (Å²) in [6, 6.07) is 18.4. The third-order valence-electron chi connectivity index (χ3n) is 4.12. The second-order valence-electron chi connectivity index (χ2n) is 6.49. The molecule has 0 bridgehead atoms. The van der Waals surface area contributed by atoms with E-state index in [-0.39, 0.29) is 0 Å². The van der Waals surface area contributed by atoms with Gasteiger partial charge in [-0.15, -0.1) is 0 Å². The summed E-state index contributed by atoms with van der Waals surface area (Å²) in [5.41, 5.74) is 2.38. The molecule has 2 N–H and O–H groups in total. The highest BCUT2D eigenvalue weighted by Crippen LogP contribution is 2.33. The van der Waals surface area contributed by atoms with Crippen LogP contribution in [-0.2, 0) is 5.60 Å². The van der Waals surface area contributed by atoms with Crippen molar-refractivity contribution >= 4 is 0 Å². The summed E-state index contributed by atoms with van der Waals surface area (Å²) in [5, 5.41) is 14.4. The Bertz CT molecular complexity index is 594. The van der Waals surface area contributed by atoms with Gasteiger partial charge in [-0.2, -0.15) is 0 Å².